The Kier molecular flexibility index (Phi) is 2.64. The van der Waals surface area contributed by atoms with Gasteiger partial charge < -0.3 is 5.11 Å². The molecule has 0 bridgehead atoms. The van der Waals surface area contributed by atoms with Gasteiger partial charge in [-0.2, -0.15) is 0 Å². The second-order valence-electron chi connectivity index (χ2n) is 3.83. The molecule has 0 aliphatic carbocycles. The van der Waals surface area contributed by atoms with Gasteiger partial charge in [-0.1, -0.05) is 11.6 Å². The Morgan fingerprint density at radius 3 is 2.68 bits per heavy atom. The van der Waals surface area contributed by atoms with Gasteiger partial charge in [0.25, 0.3) is 0 Å². The fourth-order valence-corrected chi connectivity index (χ4v) is 2.02. The number of aromatic nitrogens is 4. The van der Waals surface area contributed by atoms with E-state index in [9.17, 15) is 4.79 Å². The van der Waals surface area contributed by atoms with Crippen molar-refractivity contribution in [3.05, 3.63) is 47.4 Å². The van der Waals surface area contributed by atoms with Gasteiger partial charge in [-0.25, -0.2) is 4.79 Å². The first kappa shape index (κ1) is 11.6. The number of nitrogens with zero attached hydrogens (tertiary/aromatic N) is 4. The maximum atomic E-state index is 11.0. The van der Waals surface area contributed by atoms with Gasteiger partial charge >= 0.3 is 5.97 Å². The highest BCUT2D eigenvalue weighted by molar-refractivity contribution is 6.33. The van der Waals surface area contributed by atoms with Gasteiger partial charge in [-0.15, -0.1) is 10.2 Å². The van der Waals surface area contributed by atoms with Crippen molar-refractivity contribution in [3.8, 4) is 11.4 Å². The lowest BCUT2D eigenvalue weighted by atomic mass is 10.2. The molecule has 0 radical (unpaired) electrons. The van der Waals surface area contributed by atoms with E-state index in [0.717, 1.165) is 5.56 Å². The lowest BCUT2D eigenvalue weighted by molar-refractivity contribution is 0.0696. The molecule has 7 heteroatoms. The fourth-order valence-electron chi connectivity index (χ4n) is 1.77. The number of hydrogen-bond donors (Lipinski definition) is 1. The van der Waals surface area contributed by atoms with Crippen molar-refractivity contribution in [2.75, 3.05) is 0 Å². The van der Waals surface area contributed by atoms with Crippen LogP contribution in [0, 0.1) is 0 Å². The molecule has 19 heavy (non-hydrogen) atoms. The Morgan fingerprint density at radius 2 is 2.00 bits per heavy atom. The van der Waals surface area contributed by atoms with Crippen LogP contribution in [0.2, 0.25) is 5.02 Å². The monoisotopic (exact) mass is 274 g/mol. The van der Waals surface area contributed by atoms with E-state index in [2.05, 4.69) is 15.2 Å². The van der Waals surface area contributed by atoms with Crippen LogP contribution in [0.3, 0.4) is 0 Å². The Morgan fingerprint density at radius 1 is 1.26 bits per heavy atom. The highest BCUT2D eigenvalue weighted by atomic mass is 35.5. The second kappa shape index (κ2) is 4.33. The van der Waals surface area contributed by atoms with Gasteiger partial charge in [0.15, 0.2) is 11.5 Å². The minimum atomic E-state index is -1.06. The maximum absolute atomic E-state index is 11.0. The highest BCUT2D eigenvalue weighted by Crippen LogP contribution is 2.23. The van der Waals surface area contributed by atoms with E-state index in [0.29, 0.717) is 11.5 Å². The van der Waals surface area contributed by atoms with E-state index in [1.165, 1.54) is 12.3 Å². The predicted octanol–water partition coefficient (Wildman–Crippen LogP) is 2.14. The van der Waals surface area contributed by atoms with Crippen LogP contribution in [0.5, 0.6) is 0 Å². The molecule has 3 aromatic rings. The molecule has 0 unspecified atom stereocenters. The summed E-state index contributed by atoms with van der Waals surface area (Å²) < 4.78 is 1.56. The summed E-state index contributed by atoms with van der Waals surface area (Å²) in [4.78, 5) is 15.0. The molecule has 6 nitrogen and oxygen atoms in total. The summed E-state index contributed by atoms with van der Waals surface area (Å²) in [6, 6.07) is 4.87. The van der Waals surface area contributed by atoms with E-state index in [-0.39, 0.29) is 10.6 Å². The Balaban J connectivity index is 2.30. The van der Waals surface area contributed by atoms with Gasteiger partial charge in [-0.3, -0.25) is 9.38 Å². The molecule has 0 atom stereocenters. The second-order valence-corrected chi connectivity index (χ2v) is 4.24. The molecule has 3 heterocycles. The van der Waals surface area contributed by atoms with Crippen molar-refractivity contribution in [2.45, 2.75) is 0 Å². The number of carboxylic acid groups (broad SMARTS) is 1. The van der Waals surface area contributed by atoms with Crippen molar-refractivity contribution >= 4 is 23.2 Å². The first-order valence-corrected chi connectivity index (χ1v) is 5.72. The molecular formula is C12H7ClN4O2. The Labute approximate surface area is 112 Å². The molecule has 0 fully saturated rings. The number of hydrogen-bond acceptors (Lipinski definition) is 4. The van der Waals surface area contributed by atoms with E-state index >= 15 is 0 Å². The van der Waals surface area contributed by atoms with E-state index in [4.69, 9.17) is 16.7 Å². The minimum Gasteiger partial charge on any atom is -0.478 e. The van der Waals surface area contributed by atoms with Gasteiger partial charge in [0, 0.05) is 24.2 Å². The van der Waals surface area contributed by atoms with Crippen LogP contribution < -0.4 is 0 Å². The third kappa shape index (κ3) is 1.92. The molecule has 3 rings (SSSR count). The fraction of sp³-hybridized carbons (Fsp3) is 0. The molecule has 0 saturated heterocycles. The normalized spacial score (nSPS) is 10.8. The van der Waals surface area contributed by atoms with Crippen LogP contribution in [-0.2, 0) is 0 Å². The van der Waals surface area contributed by atoms with Gasteiger partial charge in [0.2, 0.25) is 0 Å². The quantitative estimate of drug-likeness (QED) is 0.774. The molecule has 0 aliphatic rings. The van der Waals surface area contributed by atoms with Crippen molar-refractivity contribution in [2.24, 2.45) is 0 Å². The summed E-state index contributed by atoms with van der Waals surface area (Å²) >= 11 is 6.01. The van der Waals surface area contributed by atoms with Crippen LogP contribution in [-0.4, -0.2) is 30.7 Å². The summed E-state index contributed by atoms with van der Waals surface area (Å²) in [5.41, 5.74) is 1.27. The Bertz CT molecular complexity index is 770. The molecule has 94 valence electrons. The molecule has 1 N–H and O–H groups in total. The molecule has 0 saturated carbocycles. The zero-order chi connectivity index (χ0) is 13.4. The number of pyridine rings is 2. The molecule has 0 amide bonds. The number of aromatic carboxylic acids is 1. The number of carboxylic acids is 1. The summed E-state index contributed by atoms with van der Waals surface area (Å²) in [5.74, 6) is -0.541. The van der Waals surface area contributed by atoms with Crippen molar-refractivity contribution < 1.29 is 9.90 Å². The molecule has 0 aliphatic heterocycles. The molecule has 0 aromatic carbocycles. The molecule has 0 spiro atoms. The van der Waals surface area contributed by atoms with Crippen LogP contribution in [0.25, 0.3) is 17.0 Å². The van der Waals surface area contributed by atoms with E-state index in [1.54, 1.807) is 28.9 Å². The van der Waals surface area contributed by atoms with Crippen LogP contribution in [0.1, 0.15) is 10.4 Å². The van der Waals surface area contributed by atoms with Gasteiger partial charge in [0.05, 0.1) is 10.6 Å². The van der Waals surface area contributed by atoms with Crippen molar-refractivity contribution in [1.29, 1.82) is 0 Å². The van der Waals surface area contributed by atoms with E-state index in [1.807, 2.05) is 0 Å². The largest absolute Gasteiger partial charge is 0.478 e. The minimum absolute atomic E-state index is 0.0765. The maximum Gasteiger partial charge on any atom is 0.337 e. The summed E-state index contributed by atoms with van der Waals surface area (Å²) in [6.45, 7) is 0. The number of halogens is 1. The molecule has 3 aromatic heterocycles. The van der Waals surface area contributed by atoms with E-state index < -0.39 is 5.97 Å². The standard InChI is InChI=1S/C12H7ClN4O2/c13-9-5-8(12(18)19)6-17-10(15-16-11(9)17)7-1-3-14-4-2-7/h1-6H,(H,18,19). The predicted molar refractivity (Wildman–Crippen MR) is 68.2 cm³/mol. The SMILES string of the molecule is O=C(O)c1cc(Cl)c2nnc(-c3ccncc3)n2c1. The first-order valence-electron chi connectivity index (χ1n) is 5.35. The van der Waals surface area contributed by atoms with Crippen molar-refractivity contribution in [1.82, 2.24) is 19.6 Å². The Hall–Kier alpha value is -2.47. The van der Waals surface area contributed by atoms with Crippen LogP contribution in [0.15, 0.2) is 36.8 Å². The van der Waals surface area contributed by atoms with Gasteiger partial charge in [-0.05, 0) is 18.2 Å². The average molecular weight is 275 g/mol. The summed E-state index contributed by atoms with van der Waals surface area (Å²) in [6.07, 6.45) is 4.69. The highest BCUT2D eigenvalue weighted by Gasteiger charge is 2.14. The van der Waals surface area contributed by atoms with Crippen LogP contribution in [0.4, 0.5) is 0 Å². The average Bonchev–Trinajstić information content (AvgIpc) is 2.84. The van der Waals surface area contributed by atoms with Crippen molar-refractivity contribution in [3.63, 3.8) is 0 Å². The van der Waals surface area contributed by atoms with Gasteiger partial charge in [0.1, 0.15) is 0 Å². The lowest BCUT2D eigenvalue weighted by Crippen LogP contribution is -2.00. The smallest absolute Gasteiger partial charge is 0.337 e. The topological polar surface area (TPSA) is 80.4 Å². The lowest BCUT2D eigenvalue weighted by Gasteiger charge is -2.02. The summed E-state index contributed by atoms with van der Waals surface area (Å²) in [5, 5.41) is 17.3. The number of carbonyl (C=O) groups is 1. The molecular weight excluding hydrogens is 268 g/mol. The first-order chi connectivity index (χ1) is 9.16. The number of rotatable bonds is 2. The third-order valence-electron chi connectivity index (χ3n) is 2.65. The van der Waals surface area contributed by atoms with Crippen LogP contribution >= 0.6 is 11.6 Å². The third-order valence-corrected chi connectivity index (χ3v) is 2.92. The zero-order valence-corrected chi connectivity index (χ0v) is 10.2. The zero-order valence-electron chi connectivity index (χ0n) is 9.49. The summed E-state index contributed by atoms with van der Waals surface area (Å²) in [7, 11) is 0. The number of fused-ring (bicyclic) bond motifs is 1.